The highest BCUT2D eigenvalue weighted by Gasteiger charge is 2.14. The molecule has 0 radical (unpaired) electrons. The van der Waals surface area contributed by atoms with Crippen LogP contribution in [-0.4, -0.2) is 18.2 Å². The second kappa shape index (κ2) is 3.99. The number of phenolic OH excluding ortho intramolecular Hbond substituents is 1. The zero-order chi connectivity index (χ0) is 10.7. The van der Waals surface area contributed by atoms with E-state index in [0.29, 0.717) is 0 Å². The summed E-state index contributed by atoms with van der Waals surface area (Å²) in [6, 6.07) is 4.05. The number of rotatable bonds is 1. The number of ether oxygens (including phenoxy) is 1. The molecular weight excluding hydrogens is 206 g/mol. The van der Waals surface area contributed by atoms with E-state index in [-0.39, 0.29) is 21.9 Å². The molecule has 0 saturated carbocycles. The van der Waals surface area contributed by atoms with E-state index in [1.165, 1.54) is 13.2 Å². The Kier molecular flexibility index (Phi) is 2.95. The predicted octanol–water partition coefficient (Wildman–Crippen LogP) is 1.70. The number of aromatic hydroxyl groups is 1. The summed E-state index contributed by atoms with van der Waals surface area (Å²) in [4.78, 5) is 11.1. The maximum absolute atomic E-state index is 11.1. The summed E-state index contributed by atoms with van der Waals surface area (Å²) in [5, 5.41) is 17.9. The Morgan fingerprint density at radius 1 is 1.64 bits per heavy atom. The van der Waals surface area contributed by atoms with Crippen LogP contribution < -0.4 is 0 Å². The summed E-state index contributed by atoms with van der Waals surface area (Å²) in [6.07, 6.45) is 0. The van der Waals surface area contributed by atoms with Gasteiger partial charge in [0.1, 0.15) is 11.8 Å². The Morgan fingerprint density at radius 2 is 2.29 bits per heavy atom. The third kappa shape index (κ3) is 1.78. The van der Waals surface area contributed by atoms with Crippen molar-refractivity contribution in [1.82, 2.24) is 0 Å². The van der Waals surface area contributed by atoms with Crippen LogP contribution >= 0.6 is 11.6 Å². The van der Waals surface area contributed by atoms with Crippen molar-refractivity contribution in [2.75, 3.05) is 7.11 Å². The van der Waals surface area contributed by atoms with Crippen LogP contribution in [0.2, 0.25) is 5.02 Å². The third-order valence-corrected chi connectivity index (χ3v) is 1.92. The normalized spacial score (nSPS) is 9.21. The van der Waals surface area contributed by atoms with Gasteiger partial charge in [-0.25, -0.2) is 4.79 Å². The molecule has 0 bridgehead atoms. The number of halogens is 1. The molecule has 0 aromatic heterocycles. The molecule has 4 nitrogen and oxygen atoms in total. The highest BCUT2D eigenvalue weighted by atomic mass is 35.5. The zero-order valence-corrected chi connectivity index (χ0v) is 8.00. The van der Waals surface area contributed by atoms with Gasteiger partial charge in [0.05, 0.1) is 23.3 Å². The van der Waals surface area contributed by atoms with E-state index in [2.05, 4.69) is 4.74 Å². The fourth-order valence-corrected chi connectivity index (χ4v) is 1.16. The van der Waals surface area contributed by atoms with Gasteiger partial charge in [0.25, 0.3) is 0 Å². The molecule has 0 fully saturated rings. The van der Waals surface area contributed by atoms with Crippen molar-refractivity contribution in [3.63, 3.8) is 0 Å². The molecule has 1 N–H and O–H groups in total. The molecule has 1 aromatic carbocycles. The van der Waals surface area contributed by atoms with Crippen LogP contribution in [0, 0.1) is 11.3 Å². The van der Waals surface area contributed by atoms with Crippen molar-refractivity contribution in [2.24, 2.45) is 0 Å². The van der Waals surface area contributed by atoms with Gasteiger partial charge in [0, 0.05) is 0 Å². The van der Waals surface area contributed by atoms with E-state index < -0.39 is 5.97 Å². The van der Waals surface area contributed by atoms with E-state index in [1.807, 2.05) is 0 Å². The molecule has 1 aromatic rings. The summed E-state index contributed by atoms with van der Waals surface area (Å²) in [7, 11) is 1.20. The lowest BCUT2D eigenvalue weighted by atomic mass is 10.1. The maximum atomic E-state index is 11.1. The number of phenols is 1. The fraction of sp³-hybridized carbons (Fsp3) is 0.111. The van der Waals surface area contributed by atoms with Crippen molar-refractivity contribution >= 4 is 17.6 Å². The van der Waals surface area contributed by atoms with Crippen molar-refractivity contribution in [3.8, 4) is 11.8 Å². The largest absolute Gasteiger partial charge is 0.507 e. The molecule has 5 heteroatoms. The van der Waals surface area contributed by atoms with Gasteiger partial charge >= 0.3 is 5.97 Å². The van der Waals surface area contributed by atoms with Crippen LogP contribution in [0.1, 0.15) is 15.9 Å². The number of carbonyl (C=O) groups is 1. The number of benzene rings is 1. The molecule has 14 heavy (non-hydrogen) atoms. The van der Waals surface area contributed by atoms with Crippen LogP contribution in [-0.2, 0) is 4.74 Å². The molecule has 0 spiro atoms. The third-order valence-electron chi connectivity index (χ3n) is 1.61. The van der Waals surface area contributed by atoms with Crippen LogP contribution in [0.4, 0.5) is 0 Å². The van der Waals surface area contributed by atoms with Gasteiger partial charge in [-0.15, -0.1) is 0 Å². The monoisotopic (exact) mass is 211 g/mol. The van der Waals surface area contributed by atoms with Gasteiger partial charge in [-0.1, -0.05) is 11.6 Å². The predicted molar refractivity (Wildman–Crippen MR) is 49.2 cm³/mol. The van der Waals surface area contributed by atoms with Crippen molar-refractivity contribution < 1.29 is 14.6 Å². The zero-order valence-electron chi connectivity index (χ0n) is 7.24. The second-order valence-corrected chi connectivity index (χ2v) is 2.86. The van der Waals surface area contributed by atoms with Gasteiger partial charge in [0.15, 0.2) is 0 Å². The summed E-state index contributed by atoms with van der Waals surface area (Å²) >= 11 is 5.69. The summed E-state index contributed by atoms with van der Waals surface area (Å²) in [5.41, 5.74) is 0.0494. The van der Waals surface area contributed by atoms with E-state index in [9.17, 15) is 9.90 Å². The standard InChI is InChI=1S/C9H6ClNO3/c1-14-9(13)6-3-8(12)5(4-11)2-7(6)10/h2-3,12H,1H3. The van der Waals surface area contributed by atoms with E-state index >= 15 is 0 Å². The number of nitrogens with zero attached hydrogens (tertiary/aromatic N) is 1. The lowest BCUT2D eigenvalue weighted by Gasteiger charge is -2.03. The Labute approximate surface area is 85.3 Å². The lowest BCUT2D eigenvalue weighted by Crippen LogP contribution is -2.02. The van der Waals surface area contributed by atoms with Crippen LogP contribution in [0.3, 0.4) is 0 Å². The molecule has 0 saturated heterocycles. The highest BCUT2D eigenvalue weighted by molar-refractivity contribution is 6.33. The minimum Gasteiger partial charge on any atom is -0.507 e. The number of esters is 1. The number of nitriles is 1. The van der Waals surface area contributed by atoms with E-state index in [0.717, 1.165) is 6.07 Å². The Bertz CT molecular complexity index is 423. The number of carbonyl (C=O) groups excluding carboxylic acids is 1. The summed E-state index contributed by atoms with van der Waals surface area (Å²) in [5.74, 6) is -0.952. The fourth-order valence-electron chi connectivity index (χ4n) is 0.918. The van der Waals surface area contributed by atoms with Gasteiger partial charge in [-0.2, -0.15) is 5.26 Å². The molecule has 0 unspecified atom stereocenters. The SMILES string of the molecule is COC(=O)c1cc(O)c(C#N)cc1Cl. The van der Waals surface area contributed by atoms with E-state index in [1.54, 1.807) is 6.07 Å². The molecule has 0 heterocycles. The van der Waals surface area contributed by atoms with Crippen LogP contribution in [0.25, 0.3) is 0 Å². The van der Waals surface area contributed by atoms with Gasteiger partial charge in [-0.3, -0.25) is 0 Å². The van der Waals surface area contributed by atoms with Gasteiger partial charge in [0.2, 0.25) is 0 Å². The van der Waals surface area contributed by atoms with Gasteiger partial charge < -0.3 is 9.84 Å². The quantitative estimate of drug-likeness (QED) is 0.718. The topological polar surface area (TPSA) is 70.3 Å². The average molecular weight is 212 g/mol. The highest BCUT2D eigenvalue weighted by Crippen LogP contribution is 2.25. The molecule has 0 aliphatic heterocycles. The summed E-state index contributed by atoms with van der Waals surface area (Å²) in [6.45, 7) is 0. The smallest absolute Gasteiger partial charge is 0.339 e. The Hall–Kier alpha value is -1.73. The van der Waals surface area contributed by atoms with Crippen molar-refractivity contribution in [2.45, 2.75) is 0 Å². The van der Waals surface area contributed by atoms with Gasteiger partial charge in [-0.05, 0) is 12.1 Å². The van der Waals surface area contributed by atoms with Crippen LogP contribution in [0.15, 0.2) is 12.1 Å². The van der Waals surface area contributed by atoms with E-state index in [4.69, 9.17) is 16.9 Å². The molecule has 0 aliphatic carbocycles. The minimum atomic E-state index is -0.658. The second-order valence-electron chi connectivity index (χ2n) is 2.45. The first-order chi connectivity index (χ1) is 6.60. The Balaban J connectivity index is 3.30. The molecular formula is C9H6ClNO3. The van der Waals surface area contributed by atoms with Crippen molar-refractivity contribution in [3.05, 3.63) is 28.3 Å². The molecule has 0 amide bonds. The number of methoxy groups -OCH3 is 1. The lowest BCUT2D eigenvalue weighted by molar-refractivity contribution is 0.0600. The first-order valence-corrected chi connectivity index (χ1v) is 3.99. The molecule has 72 valence electrons. The minimum absolute atomic E-state index is 0.0163. The Morgan fingerprint density at radius 3 is 2.79 bits per heavy atom. The average Bonchev–Trinajstić information content (AvgIpc) is 2.19. The first-order valence-electron chi connectivity index (χ1n) is 3.61. The van der Waals surface area contributed by atoms with Crippen LogP contribution in [0.5, 0.6) is 5.75 Å². The maximum Gasteiger partial charge on any atom is 0.339 e. The molecule has 0 atom stereocenters. The summed E-state index contributed by atoms with van der Waals surface area (Å²) < 4.78 is 4.43. The molecule has 1 rings (SSSR count). The van der Waals surface area contributed by atoms with Crippen molar-refractivity contribution in [1.29, 1.82) is 5.26 Å². The number of hydrogen-bond donors (Lipinski definition) is 1. The number of hydrogen-bond acceptors (Lipinski definition) is 4. The molecule has 0 aliphatic rings. The first kappa shape index (κ1) is 10.4.